The molecule has 0 aliphatic carbocycles. The molecule has 1 aromatic carbocycles. The van der Waals surface area contributed by atoms with Crippen LogP contribution in [-0.2, 0) is 0 Å². The SMILES string of the molecule is CC(=O)c1cnc(NCC(c2ccccc2)N2CCCCCC2)nc1C. The highest BCUT2D eigenvalue weighted by Gasteiger charge is 2.21. The number of hydrogen-bond acceptors (Lipinski definition) is 5. The predicted octanol–water partition coefficient (Wildman–Crippen LogP) is 4.02. The summed E-state index contributed by atoms with van der Waals surface area (Å²) in [5.41, 5.74) is 2.63. The molecule has 0 radical (unpaired) electrons. The molecule has 1 aromatic heterocycles. The summed E-state index contributed by atoms with van der Waals surface area (Å²) >= 11 is 0. The molecular weight excluding hydrogens is 324 g/mol. The second kappa shape index (κ2) is 8.90. The molecule has 1 fully saturated rings. The van der Waals surface area contributed by atoms with Gasteiger partial charge in [0.05, 0.1) is 17.3 Å². The van der Waals surface area contributed by atoms with Gasteiger partial charge in [-0.2, -0.15) is 0 Å². The van der Waals surface area contributed by atoms with E-state index in [0.29, 0.717) is 17.6 Å². The minimum Gasteiger partial charge on any atom is -0.352 e. The minimum absolute atomic E-state index is 0.000721. The topological polar surface area (TPSA) is 58.1 Å². The summed E-state index contributed by atoms with van der Waals surface area (Å²) in [7, 11) is 0. The molecule has 1 unspecified atom stereocenters. The van der Waals surface area contributed by atoms with Crippen molar-refractivity contribution in [3.05, 3.63) is 53.3 Å². The van der Waals surface area contributed by atoms with Crippen molar-refractivity contribution in [3.63, 3.8) is 0 Å². The zero-order valence-electron chi connectivity index (χ0n) is 15.7. The molecule has 2 aromatic rings. The fourth-order valence-electron chi connectivity index (χ4n) is 3.63. The summed E-state index contributed by atoms with van der Waals surface area (Å²) < 4.78 is 0. The normalized spacial score (nSPS) is 16.7. The van der Waals surface area contributed by atoms with Crippen LogP contribution < -0.4 is 5.32 Å². The lowest BCUT2D eigenvalue weighted by molar-refractivity contribution is 0.101. The molecule has 0 saturated carbocycles. The molecule has 1 N–H and O–H groups in total. The van der Waals surface area contributed by atoms with Gasteiger partial charge in [0, 0.05) is 12.7 Å². The lowest BCUT2D eigenvalue weighted by Gasteiger charge is -2.31. The largest absolute Gasteiger partial charge is 0.352 e. The van der Waals surface area contributed by atoms with Crippen molar-refractivity contribution >= 4 is 11.7 Å². The number of likely N-dealkylation sites (tertiary alicyclic amines) is 1. The van der Waals surface area contributed by atoms with Gasteiger partial charge in [-0.05, 0) is 45.3 Å². The van der Waals surface area contributed by atoms with Crippen molar-refractivity contribution in [1.82, 2.24) is 14.9 Å². The van der Waals surface area contributed by atoms with Gasteiger partial charge in [-0.25, -0.2) is 9.97 Å². The Morgan fingerprint density at radius 2 is 1.85 bits per heavy atom. The van der Waals surface area contributed by atoms with Crippen molar-refractivity contribution in [3.8, 4) is 0 Å². The Kier molecular flexibility index (Phi) is 6.34. The van der Waals surface area contributed by atoms with Crippen molar-refractivity contribution in [1.29, 1.82) is 0 Å². The highest BCUT2D eigenvalue weighted by atomic mass is 16.1. The van der Waals surface area contributed by atoms with E-state index < -0.39 is 0 Å². The number of ketones is 1. The van der Waals surface area contributed by atoms with Gasteiger partial charge >= 0.3 is 0 Å². The highest BCUT2D eigenvalue weighted by molar-refractivity contribution is 5.94. The van der Waals surface area contributed by atoms with Crippen molar-refractivity contribution in [2.45, 2.75) is 45.6 Å². The van der Waals surface area contributed by atoms with E-state index in [4.69, 9.17) is 0 Å². The maximum absolute atomic E-state index is 11.6. The summed E-state index contributed by atoms with van der Waals surface area (Å²) in [4.78, 5) is 22.9. The summed E-state index contributed by atoms with van der Waals surface area (Å²) in [5, 5.41) is 3.39. The Morgan fingerprint density at radius 1 is 1.15 bits per heavy atom. The molecule has 5 heteroatoms. The lowest BCUT2D eigenvalue weighted by Crippen LogP contribution is -2.34. The number of aryl methyl sites for hydroxylation is 1. The predicted molar refractivity (Wildman–Crippen MR) is 104 cm³/mol. The first-order chi connectivity index (χ1) is 12.6. The summed E-state index contributed by atoms with van der Waals surface area (Å²) in [6.45, 7) is 6.41. The molecule has 5 nitrogen and oxygen atoms in total. The van der Waals surface area contributed by atoms with Crippen LogP contribution in [0.25, 0.3) is 0 Å². The molecule has 26 heavy (non-hydrogen) atoms. The number of carbonyl (C=O) groups is 1. The quantitative estimate of drug-likeness (QED) is 0.796. The fourth-order valence-corrected chi connectivity index (χ4v) is 3.63. The third-order valence-electron chi connectivity index (χ3n) is 5.08. The number of benzene rings is 1. The van der Waals surface area contributed by atoms with Crippen molar-refractivity contribution in [2.75, 3.05) is 25.0 Å². The second-order valence-electron chi connectivity index (χ2n) is 7.01. The van der Waals surface area contributed by atoms with Gasteiger partial charge < -0.3 is 5.32 Å². The number of anilines is 1. The summed E-state index contributed by atoms with van der Waals surface area (Å²) in [6, 6.07) is 10.9. The van der Waals surface area contributed by atoms with Crippen LogP contribution in [0.1, 0.15) is 60.3 Å². The van der Waals surface area contributed by atoms with Crippen molar-refractivity contribution in [2.24, 2.45) is 0 Å². The van der Waals surface area contributed by atoms with Crippen LogP contribution in [0, 0.1) is 6.92 Å². The van der Waals surface area contributed by atoms with Crippen LogP contribution in [0.5, 0.6) is 0 Å². The first kappa shape index (κ1) is 18.5. The maximum atomic E-state index is 11.6. The van der Waals surface area contributed by atoms with E-state index in [1.165, 1.54) is 31.2 Å². The number of Topliss-reactive ketones (excluding diaryl/α,β-unsaturated/α-hetero) is 1. The number of rotatable bonds is 6. The summed E-state index contributed by atoms with van der Waals surface area (Å²) in [6.07, 6.45) is 6.77. The monoisotopic (exact) mass is 352 g/mol. The molecule has 3 rings (SSSR count). The Labute approximate surface area is 155 Å². The van der Waals surface area contributed by atoms with E-state index in [9.17, 15) is 4.79 Å². The zero-order valence-corrected chi connectivity index (χ0v) is 15.7. The van der Waals surface area contributed by atoms with Gasteiger partial charge in [-0.3, -0.25) is 9.69 Å². The Hall–Kier alpha value is -2.27. The Morgan fingerprint density at radius 3 is 2.46 bits per heavy atom. The van der Waals surface area contributed by atoms with Crippen LogP contribution in [0.15, 0.2) is 36.5 Å². The van der Waals surface area contributed by atoms with Gasteiger partial charge in [-0.15, -0.1) is 0 Å². The molecule has 1 aliphatic rings. The Balaban J connectivity index is 1.75. The third-order valence-corrected chi connectivity index (χ3v) is 5.08. The van der Waals surface area contributed by atoms with Crippen LogP contribution in [0.3, 0.4) is 0 Å². The number of aromatic nitrogens is 2. The van der Waals surface area contributed by atoms with E-state index >= 15 is 0 Å². The van der Waals surface area contributed by atoms with E-state index in [1.807, 2.05) is 6.92 Å². The first-order valence-corrected chi connectivity index (χ1v) is 9.52. The number of nitrogens with one attached hydrogen (secondary N) is 1. The lowest BCUT2D eigenvalue weighted by atomic mass is 10.0. The minimum atomic E-state index is 0.000721. The van der Waals surface area contributed by atoms with E-state index in [-0.39, 0.29) is 5.78 Å². The molecule has 1 aliphatic heterocycles. The van der Waals surface area contributed by atoms with E-state index in [1.54, 1.807) is 13.1 Å². The standard InChI is InChI=1S/C21H28N4O/c1-16-19(17(2)26)14-22-21(24-16)23-15-20(18-10-6-5-7-11-18)25-12-8-3-4-9-13-25/h5-7,10-11,14,20H,3-4,8-9,12-13,15H2,1-2H3,(H,22,23,24). The molecule has 1 atom stereocenters. The molecule has 0 bridgehead atoms. The first-order valence-electron chi connectivity index (χ1n) is 9.52. The number of hydrogen-bond donors (Lipinski definition) is 1. The van der Waals surface area contributed by atoms with Crippen molar-refractivity contribution < 1.29 is 4.79 Å². The molecule has 138 valence electrons. The van der Waals surface area contributed by atoms with E-state index in [0.717, 1.165) is 25.3 Å². The molecular formula is C21H28N4O. The summed E-state index contributed by atoms with van der Waals surface area (Å²) in [5.74, 6) is 0.587. The second-order valence-corrected chi connectivity index (χ2v) is 7.01. The fraction of sp³-hybridized carbons (Fsp3) is 0.476. The van der Waals surface area contributed by atoms with Gasteiger partial charge in [0.15, 0.2) is 5.78 Å². The van der Waals surface area contributed by atoms with Crippen LogP contribution in [0.4, 0.5) is 5.95 Å². The number of nitrogens with zero attached hydrogens (tertiary/aromatic N) is 3. The molecule has 0 amide bonds. The van der Waals surface area contributed by atoms with Gasteiger partial charge in [0.1, 0.15) is 0 Å². The highest BCUT2D eigenvalue weighted by Crippen LogP contribution is 2.24. The Bertz CT molecular complexity index is 724. The van der Waals surface area contributed by atoms with Gasteiger partial charge in [0.2, 0.25) is 5.95 Å². The van der Waals surface area contributed by atoms with Gasteiger partial charge in [-0.1, -0.05) is 43.2 Å². The van der Waals surface area contributed by atoms with Crippen LogP contribution in [-0.4, -0.2) is 40.3 Å². The molecule has 2 heterocycles. The number of carbonyl (C=O) groups excluding carboxylic acids is 1. The third kappa shape index (κ3) is 4.67. The van der Waals surface area contributed by atoms with Crippen LogP contribution in [0.2, 0.25) is 0 Å². The van der Waals surface area contributed by atoms with Gasteiger partial charge in [0.25, 0.3) is 0 Å². The average molecular weight is 352 g/mol. The molecule has 0 spiro atoms. The van der Waals surface area contributed by atoms with E-state index in [2.05, 4.69) is 50.5 Å². The smallest absolute Gasteiger partial charge is 0.222 e. The molecule has 1 saturated heterocycles. The average Bonchev–Trinajstić information content (AvgIpc) is 2.92. The maximum Gasteiger partial charge on any atom is 0.222 e. The zero-order chi connectivity index (χ0) is 18.4. The van der Waals surface area contributed by atoms with Crippen LogP contribution >= 0.6 is 0 Å².